The number of rotatable bonds is 3. The van der Waals surface area contributed by atoms with Gasteiger partial charge in [0.05, 0.1) is 11.7 Å². The maximum absolute atomic E-state index is 10.6. The Morgan fingerprint density at radius 2 is 1.76 bits per heavy atom. The second-order valence-electron chi connectivity index (χ2n) is 11.1. The molecule has 2 nitrogen and oxygen atoms in total. The molecular weight excluding hydrogens is 354 g/mol. The summed E-state index contributed by atoms with van der Waals surface area (Å²) in [4.78, 5) is 0. The first-order chi connectivity index (χ1) is 13.8. The van der Waals surface area contributed by atoms with E-state index in [-0.39, 0.29) is 0 Å². The van der Waals surface area contributed by atoms with Gasteiger partial charge < -0.3 is 5.11 Å². The Bertz CT molecular complexity index is 753. The van der Waals surface area contributed by atoms with Gasteiger partial charge in [0.1, 0.15) is 0 Å². The van der Waals surface area contributed by atoms with Gasteiger partial charge in [-0.2, -0.15) is 5.26 Å². The highest BCUT2D eigenvalue weighted by molar-refractivity contribution is 5.37. The number of nitrogens with zero attached hydrogens (tertiary/aromatic N) is 1. The summed E-state index contributed by atoms with van der Waals surface area (Å²) in [5.41, 5.74) is 1.90. The molecule has 0 amide bonds. The average Bonchev–Trinajstić information content (AvgIpc) is 3.04. The molecule has 2 heteroatoms. The molecule has 4 fully saturated rings. The van der Waals surface area contributed by atoms with Crippen LogP contribution in [0, 0.1) is 52.3 Å². The van der Waals surface area contributed by atoms with Crippen molar-refractivity contribution in [3.05, 3.63) is 36.0 Å². The molecule has 0 heterocycles. The summed E-state index contributed by atoms with van der Waals surface area (Å²) in [5.74, 6) is 4.77. The Labute approximate surface area is 177 Å². The molecule has 4 aliphatic carbocycles. The lowest BCUT2D eigenvalue weighted by Crippen LogP contribution is -2.50. The first kappa shape index (κ1) is 20.9. The number of hydrogen-bond donors (Lipinski definition) is 1. The van der Waals surface area contributed by atoms with Gasteiger partial charge in [0.2, 0.25) is 0 Å². The minimum atomic E-state index is -0.422. The van der Waals surface area contributed by atoms with E-state index in [9.17, 15) is 10.4 Å². The summed E-state index contributed by atoms with van der Waals surface area (Å²) < 4.78 is 0. The third-order valence-corrected chi connectivity index (χ3v) is 9.60. The predicted octanol–water partition coefficient (Wildman–Crippen LogP) is 6.59. The van der Waals surface area contributed by atoms with E-state index in [4.69, 9.17) is 0 Å². The molecule has 4 saturated carbocycles. The van der Waals surface area contributed by atoms with Gasteiger partial charge in [-0.15, -0.1) is 0 Å². The van der Waals surface area contributed by atoms with E-state index >= 15 is 0 Å². The highest BCUT2D eigenvalue weighted by Crippen LogP contribution is 2.65. The van der Waals surface area contributed by atoms with Crippen molar-refractivity contribution in [3.63, 3.8) is 0 Å². The zero-order valence-electron chi connectivity index (χ0n) is 18.7. The summed E-state index contributed by atoms with van der Waals surface area (Å²) >= 11 is 0. The Morgan fingerprint density at radius 3 is 2.48 bits per heavy atom. The van der Waals surface area contributed by atoms with Gasteiger partial charge in [-0.25, -0.2) is 0 Å². The number of hydrogen-bond acceptors (Lipinski definition) is 2. The summed E-state index contributed by atoms with van der Waals surface area (Å²) in [5, 5.41) is 19.8. The zero-order valence-corrected chi connectivity index (χ0v) is 18.7. The van der Waals surface area contributed by atoms with Crippen LogP contribution in [0.3, 0.4) is 0 Å². The standard InChI is InChI=1S/C27H39NO/c1-5-19(17-28)7-6-18(2)24-10-11-25-23-9-8-20-16-26(3,29)14-12-21(20)22(23)13-15-27(24,25)4/h5-7,20-25,29H,2,8-16H2,1,3-4H3/b7-6-,19-5+/t20-,21+,22-,23-,24-,25+,26-,27-/m1/s1. The molecule has 0 saturated heterocycles. The molecule has 29 heavy (non-hydrogen) atoms. The van der Waals surface area contributed by atoms with Gasteiger partial charge in [-0.3, -0.25) is 0 Å². The molecule has 0 unspecified atom stereocenters. The second-order valence-corrected chi connectivity index (χ2v) is 11.1. The van der Waals surface area contributed by atoms with Gasteiger partial charge in [-0.05, 0) is 119 Å². The van der Waals surface area contributed by atoms with Gasteiger partial charge in [0.15, 0.2) is 0 Å². The van der Waals surface area contributed by atoms with Crippen LogP contribution in [0.25, 0.3) is 0 Å². The van der Waals surface area contributed by atoms with Crippen molar-refractivity contribution in [2.75, 3.05) is 0 Å². The predicted molar refractivity (Wildman–Crippen MR) is 119 cm³/mol. The highest BCUT2D eigenvalue weighted by atomic mass is 16.3. The smallest absolute Gasteiger partial charge is 0.0988 e. The van der Waals surface area contributed by atoms with E-state index in [2.05, 4.69) is 32.6 Å². The monoisotopic (exact) mass is 393 g/mol. The summed E-state index contributed by atoms with van der Waals surface area (Å²) in [6.45, 7) is 11.0. The lowest BCUT2D eigenvalue weighted by atomic mass is 9.49. The summed E-state index contributed by atoms with van der Waals surface area (Å²) in [6, 6.07) is 2.25. The molecule has 0 aromatic heterocycles. The van der Waals surface area contributed by atoms with Crippen LogP contribution >= 0.6 is 0 Å². The number of aliphatic hydroxyl groups is 1. The van der Waals surface area contributed by atoms with Crippen molar-refractivity contribution in [2.45, 2.75) is 84.2 Å². The van der Waals surface area contributed by atoms with Crippen LogP contribution in [0.1, 0.15) is 78.6 Å². The van der Waals surface area contributed by atoms with Crippen LogP contribution in [0.4, 0.5) is 0 Å². The van der Waals surface area contributed by atoms with Gasteiger partial charge in [-0.1, -0.05) is 31.2 Å². The molecule has 158 valence electrons. The first-order valence-corrected chi connectivity index (χ1v) is 11.9. The van der Waals surface area contributed by atoms with Crippen molar-refractivity contribution in [3.8, 4) is 6.07 Å². The topological polar surface area (TPSA) is 44.0 Å². The van der Waals surface area contributed by atoms with Gasteiger partial charge >= 0.3 is 0 Å². The molecular formula is C27H39NO. The molecule has 4 aliphatic rings. The maximum Gasteiger partial charge on any atom is 0.0988 e. The first-order valence-electron chi connectivity index (χ1n) is 11.9. The molecule has 0 radical (unpaired) electrons. The number of fused-ring (bicyclic) bond motifs is 5. The molecule has 0 aromatic rings. The molecule has 0 bridgehead atoms. The zero-order chi connectivity index (χ0) is 20.8. The van der Waals surface area contributed by atoms with Crippen molar-refractivity contribution in [1.29, 1.82) is 5.26 Å². The molecule has 4 rings (SSSR count). The van der Waals surface area contributed by atoms with Crippen LogP contribution in [-0.2, 0) is 0 Å². The molecule has 8 atom stereocenters. The Balaban J connectivity index is 1.49. The Hall–Kier alpha value is -1.33. The number of allylic oxidation sites excluding steroid dienone is 5. The van der Waals surface area contributed by atoms with Crippen LogP contribution < -0.4 is 0 Å². The highest BCUT2D eigenvalue weighted by Gasteiger charge is 2.57. The third-order valence-electron chi connectivity index (χ3n) is 9.60. The van der Waals surface area contributed by atoms with Crippen molar-refractivity contribution in [2.24, 2.45) is 40.9 Å². The molecule has 1 N–H and O–H groups in total. The fourth-order valence-corrected chi connectivity index (χ4v) is 8.20. The molecule has 0 aromatic carbocycles. The fourth-order valence-electron chi connectivity index (χ4n) is 8.20. The van der Waals surface area contributed by atoms with E-state index in [1.165, 1.54) is 50.5 Å². The quantitative estimate of drug-likeness (QED) is 0.434. The van der Waals surface area contributed by atoms with E-state index in [0.29, 0.717) is 11.3 Å². The Morgan fingerprint density at radius 1 is 1.00 bits per heavy atom. The second kappa shape index (κ2) is 7.73. The third kappa shape index (κ3) is 3.65. The molecule has 0 aliphatic heterocycles. The van der Waals surface area contributed by atoms with Crippen LogP contribution in [0.2, 0.25) is 0 Å². The average molecular weight is 394 g/mol. The van der Waals surface area contributed by atoms with Crippen molar-refractivity contribution >= 4 is 0 Å². The minimum absolute atomic E-state index is 0.373. The van der Waals surface area contributed by atoms with Gasteiger partial charge in [0, 0.05) is 5.57 Å². The summed E-state index contributed by atoms with van der Waals surface area (Å²) in [6.07, 6.45) is 17.2. The van der Waals surface area contributed by atoms with E-state index in [1.54, 1.807) is 0 Å². The molecule has 0 spiro atoms. The largest absolute Gasteiger partial charge is 0.390 e. The Kier molecular flexibility index (Phi) is 5.58. The van der Waals surface area contributed by atoms with E-state index < -0.39 is 5.60 Å². The van der Waals surface area contributed by atoms with Crippen LogP contribution in [-0.4, -0.2) is 10.7 Å². The lowest BCUT2D eigenvalue weighted by Gasteiger charge is -2.57. The SMILES string of the molecule is C=C(/C=C\C(C#N)=C/C)[C@H]1CC[C@H]2[C@@H]3CC[C@@H]4C[C@](C)(O)CC[C@@H]4[C@H]3CC[C@]12C. The van der Waals surface area contributed by atoms with Crippen molar-refractivity contribution in [1.82, 2.24) is 0 Å². The lowest BCUT2D eigenvalue weighted by molar-refractivity contribution is -0.0976. The normalized spacial score (nSPS) is 47.2. The summed E-state index contributed by atoms with van der Waals surface area (Å²) in [7, 11) is 0. The van der Waals surface area contributed by atoms with E-state index in [1.807, 2.05) is 19.1 Å². The van der Waals surface area contributed by atoms with Crippen molar-refractivity contribution < 1.29 is 5.11 Å². The fraction of sp³-hybridized carbons (Fsp3) is 0.741. The minimum Gasteiger partial charge on any atom is -0.390 e. The van der Waals surface area contributed by atoms with Crippen LogP contribution in [0.5, 0.6) is 0 Å². The maximum atomic E-state index is 10.6. The van der Waals surface area contributed by atoms with Crippen LogP contribution in [0.15, 0.2) is 36.0 Å². The van der Waals surface area contributed by atoms with E-state index in [0.717, 1.165) is 48.0 Å². The number of nitriles is 1. The van der Waals surface area contributed by atoms with Gasteiger partial charge in [0.25, 0.3) is 0 Å².